The number of Topliss-reactive ketones (excluding diaryl/α,β-unsaturated/α-hetero) is 4. The second-order valence-electron chi connectivity index (χ2n) is 5.46. The van der Waals surface area contributed by atoms with E-state index in [1.807, 2.05) is 6.07 Å². The van der Waals surface area contributed by atoms with Crippen LogP contribution in [0.25, 0.3) is 0 Å². The molecule has 0 aromatic heterocycles. The van der Waals surface area contributed by atoms with Gasteiger partial charge in [-0.05, 0) is 6.42 Å². The van der Waals surface area contributed by atoms with Gasteiger partial charge >= 0.3 is 0 Å². The lowest BCUT2D eigenvalue weighted by Crippen LogP contribution is -2.18. The molecule has 2 aromatic rings. The molecule has 0 heterocycles. The van der Waals surface area contributed by atoms with E-state index in [4.69, 9.17) is 0 Å². The fourth-order valence-corrected chi connectivity index (χ4v) is 2.29. The first-order valence-electron chi connectivity index (χ1n) is 7.80. The molecular weight excluding hydrogens is 304 g/mol. The van der Waals surface area contributed by atoms with E-state index >= 15 is 0 Å². The number of benzene rings is 2. The second-order valence-corrected chi connectivity index (χ2v) is 5.46. The largest absolute Gasteiger partial charge is 0.294 e. The molecule has 0 atom stereocenters. The Morgan fingerprint density at radius 3 is 1.62 bits per heavy atom. The third-order valence-electron chi connectivity index (χ3n) is 3.63. The average molecular weight is 322 g/mol. The van der Waals surface area contributed by atoms with Gasteiger partial charge in [0.05, 0.1) is 6.42 Å². The van der Waals surface area contributed by atoms with Crippen LogP contribution in [0.3, 0.4) is 0 Å². The number of carbonyl (C=O) groups excluding carboxylic acids is 4. The van der Waals surface area contributed by atoms with Crippen LogP contribution in [0.2, 0.25) is 0 Å². The van der Waals surface area contributed by atoms with E-state index in [1.165, 1.54) is 0 Å². The summed E-state index contributed by atoms with van der Waals surface area (Å²) < 4.78 is 0. The Balaban J connectivity index is 1.77. The number of hydrogen-bond acceptors (Lipinski definition) is 4. The third kappa shape index (κ3) is 5.09. The highest BCUT2D eigenvalue weighted by atomic mass is 16.2. The molecule has 0 N–H and O–H groups in total. The van der Waals surface area contributed by atoms with Gasteiger partial charge in [-0.15, -0.1) is 0 Å². The summed E-state index contributed by atoms with van der Waals surface area (Å²) in [5.74, 6) is -1.72. The second kappa shape index (κ2) is 8.67. The van der Waals surface area contributed by atoms with Gasteiger partial charge < -0.3 is 0 Å². The van der Waals surface area contributed by atoms with Crippen molar-refractivity contribution >= 4 is 23.1 Å². The number of hydrogen-bond donors (Lipinski definition) is 0. The minimum absolute atomic E-state index is 0.0144. The van der Waals surface area contributed by atoms with Crippen molar-refractivity contribution in [1.29, 1.82) is 0 Å². The molecule has 4 heteroatoms. The molecule has 0 aliphatic heterocycles. The summed E-state index contributed by atoms with van der Waals surface area (Å²) in [5, 5.41) is 0. The molecule has 0 radical (unpaired) electrons. The molecule has 0 aliphatic rings. The van der Waals surface area contributed by atoms with Crippen LogP contribution in [0.4, 0.5) is 0 Å². The first-order valence-corrected chi connectivity index (χ1v) is 7.80. The van der Waals surface area contributed by atoms with Gasteiger partial charge in [-0.3, -0.25) is 19.2 Å². The van der Waals surface area contributed by atoms with Crippen molar-refractivity contribution in [3.8, 4) is 0 Å². The number of ketones is 4. The third-order valence-corrected chi connectivity index (χ3v) is 3.63. The summed E-state index contributed by atoms with van der Waals surface area (Å²) >= 11 is 0. The van der Waals surface area contributed by atoms with Crippen LogP contribution in [0, 0.1) is 0 Å². The first-order chi connectivity index (χ1) is 11.6. The monoisotopic (exact) mass is 322 g/mol. The minimum Gasteiger partial charge on any atom is -0.294 e. The van der Waals surface area contributed by atoms with Crippen LogP contribution in [0.1, 0.15) is 46.4 Å². The Morgan fingerprint density at radius 1 is 0.583 bits per heavy atom. The van der Waals surface area contributed by atoms with Crippen LogP contribution in [0.15, 0.2) is 60.7 Å². The lowest BCUT2D eigenvalue weighted by Gasteiger charge is -2.02. The van der Waals surface area contributed by atoms with Gasteiger partial charge in [0.2, 0.25) is 5.78 Å². The molecule has 0 aliphatic carbocycles. The van der Waals surface area contributed by atoms with E-state index in [0.29, 0.717) is 17.5 Å². The fraction of sp³-hybridized carbons (Fsp3) is 0.200. The van der Waals surface area contributed by atoms with Gasteiger partial charge in [0.15, 0.2) is 17.3 Å². The van der Waals surface area contributed by atoms with E-state index in [0.717, 1.165) is 0 Å². The summed E-state index contributed by atoms with van der Waals surface area (Å²) in [4.78, 5) is 47.4. The molecule has 0 fully saturated rings. The molecule has 122 valence electrons. The highest BCUT2D eigenvalue weighted by molar-refractivity contribution is 6.41. The Morgan fingerprint density at radius 2 is 1.08 bits per heavy atom. The maximum absolute atomic E-state index is 11.9. The first kappa shape index (κ1) is 17.5. The molecule has 0 saturated carbocycles. The molecular formula is C20H18O4. The summed E-state index contributed by atoms with van der Waals surface area (Å²) in [6.07, 6.45) is 0.0719. The van der Waals surface area contributed by atoms with Gasteiger partial charge in [-0.25, -0.2) is 0 Å². The maximum Gasteiger partial charge on any atom is 0.206 e. The van der Waals surface area contributed by atoms with Gasteiger partial charge in [-0.2, -0.15) is 0 Å². The van der Waals surface area contributed by atoms with Crippen LogP contribution in [-0.2, 0) is 9.59 Å². The fourth-order valence-electron chi connectivity index (χ4n) is 2.29. The van der Waals surface area contributed by atoms with Crippen molar-refractivity contribution in [3.63, 3.8) is 0 Å². The van der Waals surface area contributed by atoms with Gasteiger partial charge in [0, 0.05) is 24.0 Å². The lowest BCUT2D eigenvalue weighted by atomic mass is 10.00. The zero-order valence-electron chi connectivity index (χ0n) is 13.2. The molecule has 24 heavy (non-hydrogen) atoms. The van der Waals surface area contributed by atoms with Crippen LogP contribution < -0.4 is 0 Å². The quantitative estimate of drug-likeness (QED) is 0.403. The van der Waals surface area contributed by atoms with Crippen molar-refractivity contribution in [2.75, 3.05) is 0 Å². The van der Waals surface area contributed by atoms with Gasteiger partial charge in [-0.1, -0.05) is 60.7 Å². The summed E-state index contributed by atoms with van der Waals surface area (Å²) in [6, 6.07) is 17.2. The van der Waals surface area contributed by atoms with Crippen molar-refractivity contribution in [2.45, 2.75) is 25.7 Å². The van der Waals surface area contributed by atoms with E-state index < -0.39 is 18.0 Å². The molecule has 2 aromatic carbocycles. The molecule has 0 spiro atoms. The Labute approximate surface area is 140 Å². The lowest BCUT2D eigenvalue weighted by molar-refractivity contribution is -0.136. The predicted octanol–water partition coefficient (Wildman–Crippen LogP) is 3.45. The van der Waals surface area contributed by atoms with E-state index in [-0.39, 0.29) is 24.4 Å². The smallest absolute Gasteiger partial charge is 0.206 e. The highest BCUT2D eigenvalue weighted by Gasteiger charge is 2.18. The molecule has 0 bridgehead atoms. The maximum atomic E-state index is 11.9. The van der Waals surface area contributed by atoms with E-state index in [1.54, 1.807) is 54.6 Å². The predicted molar refractivity (Wildman–Crippen MR) is 90.0 cm³/mol. The molecule has 4 nitrogen and oxygen atoms in total. The average Bonchev–Trinajstić information content (AvgIpc) is 2.62. The standard InChI is InChI=1S/C20H18O4/c21-17(15-8-3-1-4-9-15)12-7-13-18(22)20(24)14-19(23)16-10-5-2-6-11-16/h1-6,8-11H,7,12-14H2. The normalized spacial score (nSPS) is 10.2. The minimum atomic E-state index is -0.698. The van der Waals surface area contributed by atoms with Crippen molar-refractivity contribution in [3.05, 3.63) is 71.8 Å². The molecule has 0 amide bonds. The van der Waals surface area contributed by atoms with Crippen LogP contribution in [0.5, 0.6) is 0 Å². The summed E-state index contributed by atoms with van der Waals surface area (Å²) in [6.45, 7) is 0. The number of carbonyl (C=O) groups is 4. The SMILES string of the molecule is O=C(CCCC(=O)c1ccccc1)C(=O)CC(=O)c1ccccc1. The zero-order chi connectivity index (χ0) is 17.4. The summed E-state index contributed by atoms with van der Waals surface area (Å²) in [7, 11) is 0. The molecule has 0 saturated heterocycles. The zero-order valence-corrected chi connectivity index (χ0v) is 13.2. The van der Waals surface area contributed by atoms with Gasteiger partial charge in [0.25, 0.3) is 0 Å². The van der Waals surface area contributed by atoms with E-state index in [2.05, 4.69) is 0 Å². The van der Waals surface area contributed by atoms with Gasteiger partial charge in [0.1, 0.15) is 0 Å². The van der Waals surface area contributed by atoms with Crippen molar-refractivity contribution in [2.24, 2.45) is 0 Å². The highest BCUT2D eigenvalue weighted by Crippen LogP contribution is 2.09. The topological polar surface area (TPSA) is 68.3 Å². The molecule has 2 rings (SSSR count). The van der Waals surface area contributed by atoms with Crippen molar-refractivity contribution < 1.29 is 19.2 Å². The Kier molecular flexibility index (Phi) is 6.32. The molecule has 0 unspecified atom stereocenters. The number of rotatable bonds is 9. The van der Waals surface area contributed by atoms with E-state index in [9.17, 15) is 19.2 Å². The Hall–Kier alpha value is -2.88. The Bertz CT molecular complexity index is 733. The van der Waals surface area contributed by atoms with Crippen molar-refractivity contribution in [1.82, 2.24) is 0 Å². The van der Waals surface area contributed by atoms with Crippen LogP contribution in [-0.4, -0.2) is 23.1 Å². The summed E-state index contributed by atoms with van der Waals surface area (Å²) in [5.41, 5.74) is 1.01. The van der Waals surface area contributed by atoms with Crippen LogP contribution >= 0.6 is 0 Å².